The quantitative estimate of drug-likeness (QED) is 0.799. The van der Waals surface area contributed by atoms with Crippen molar-refractivity contribution in [3.63, 3.8) is 0 Å². The number of hydrogen-bond donors (Lipinski definition) is 2. The molecule has 0 saturated heterocycles. The van der Waals surface area contributed by atoms with Gasteiger partial charge in [-0.1, -0.05) is 6.07 Å². The van der Waals surface area contributed by atoms with Gasteiger partial charge in [0.15, 0.2) is 0 Å². The Morgan fingerprint density at radius 2 is 2.07 bits per heavy atom. The molecule has 0 spiro atoms. The number of benzene rings is 1. The zero-order valence-corrected chi connectivity index (χ0v) is 14.7. The second-order valence-corrected chi connectivity index (χ2v) is 6.45. The van der Waals surface area contributed by atoms with Crippen molar-refractivity contribution in [2.24, 2.45) is 0 Å². The van der Waals surface area contributed by atoms with Gasteiger partial charge in [0.1, 0.15) is 11.5 Å². The predicted octanol–water partition coefficient (Wildman–Crippen LogP) is 2.41. The van der Waals surface area contributed by atoms with E-state index in [0.717, 1.165) is 28.9 Å². The largest absolute Gasteiger partial charge is 0.487 e. The van der Waals surface area contributed by atoms with Crippen LogP contribution < -0.4 is 10.1 Å². The van der Waals surface area contributed by atoms with Gasteiger partial charge in [-0.15, -0.1) is 0 Å². The molecule has 1 aliphatic carbocycles. The molecule has 1 amide bonds. The van der Waals surface area contributed by atoms with E-state index in [0.29, 0.717) is 30.9 Å². The summed E-state index contributed by atoms with van der Waals surface area (Å²) in [5.74, 6) is 1.35. The third-order valence-corrected chi connectivity index (χ3v) is 4.60. The molecule has 0 saturated carbocycles. The normalized spacial score (nSPS) is 16.0. The number of amides is 1. The van der Waals surface area contributed by atoms with Crippen LogP contribution in [0.2, 0.25) is 0 Å². The highest BCUT2D eigenvalue weighted by atomic mass is 16.5. The molecule has 1 aliphatic heterocycles. The molecule has 1 aromatic heterocycles. The minimum absolute atomic E-state index is 0.157. The van der Waals surface area contributed by atoms with Gasteiger partial charge in [-0.2, -0.15) is 0 Å². The first-order valence-corrected chi connectivity index (χ1v) is 8.87. The predicted molar refractivity (Wildman–Crippen MR) is 101 cm³/mol. The molecule has 2 aromatic rings. The number of carbonyl (C=O) groups is 1. The SMILES string of the molecule is O=C(NCc1ccccn1)c1ccc(OC2=CC3=C(CC2)B(O)OC3)cc1. The minimum Gasteiger partial charge on any atom is -0.462 e. The third kappa shape index (κ3) is 4.10. The van der Waals surface area contributed by atoms with Gasteiger partial charge in [0.05, 0.1) is 18.8 Å². The maximum Gasteiger partial charge on any atom is 0.487 e. The van der Waals surface area contributed by atoms with Gasteiger partial charge in [0.25, 0.3) is 5.91 Å². The van der Waals surface area contributed by atoms with Gasteiger partial charge in [0, 0.05) is 18.2 Å². The fourth-order valence-corrected chi connectivity index (χ4v) is 3.15. The summed E-state index contributed by atoms with van der Waals surface area (Å²) in [6.07, 6.45) is 5.08. The van der Waals surface area contributed by atoms with Crippen molar-refractivity contribution in [1.29, 1.82) is 0 Å². The van der Waals surface area contributed by atoms with Crippen LogP contribution in [0, 0.1) is 0 Å². The summed E-state index contributed by atoms with van der Waals surface area (Å²) in [5.41, 5.74) is 3.31. The first-order valence-electron chi connectivity index (χ1n) is 8.87. The highest BCUT2D eigenvalue weighted by Gasteiger charge is 2.31. The van der Waals surface area contributed by atoms with Gasteiger partial charge in [0.2, 0.25) is 0 Å². The number of carbonyl (C=O) groups excluding carboxylic acids is 1. The maximum atomic E-state index is 12.2. The van der Waals surface area contributed by atoms with Gasteiger partial charge < -0.3 is 19.7 Å². The number of hydrogen-bond acceptors (Lipinski definition) is 5. The van der Waals surface area contributed by atoms with Crippen LogP contribution in [0.1, 0.15) is 28.9 Å². The number of nitrogens with one attached hydrogen (secondary N) is 1. The van der Waals surface area contributed by atoms with Crippen LogP contribution in [0.25, 0.3) is 0 Å². The van der Waals surface area contributed by atoms with E-state index in [1.54, 1.807) is 30.5 Å². The van der Waals surface area contributed by atoms with Gasteiger partial charge in [-0.25, -0.2) is 0 Å². The zero-order valence-electron chi connectivity index (χ0n) is 14.7. The molecule has 0 unspecified atom stereocenters. The summed E-state index contributed by atoms with van der Waals surface area (Å²) in [6.45, 7) is 0.801. The molecule has 0 fully saturated rings. The molecular weight excluding hydrogens is 343 g/mol. The standard InChI is InChI=1S/C20H19BN2O4/c24-20(23-12-16-3-1-2-10-22-16)14-4-6-17(7-5-14)27-18-8-9-19-15(11-18)13-26-21(19)25/h1-7,10-11,25H,8-9,12-13H2,(H,23,24). The van der Waals surface area contributed by atoms with Crippen molar-refractivity contribution in [2.45, 2.75) is 19.4 Å². The molecule has 4 rings (SSSR count). The van der Waals surface area contributed by atoms with Crippen LogP contribution in [0.3, 0.4) is 0 Å². The Morgan fingerprint density at radius 1 is 1.22 bits per heavy atom. The van der Waals surface area contributed by atoms with E-state index in [-0.39, 0.29) is 5.91 Å². The Labute approximate surface area is 157 Å². The molecule has 6 nitrogen and oxygen atoms in total. The first kappa shape index (κ1) is 17.5. The van der Waals surface area contributed by atoms with E-state index in [2.05, 4.69) is 10.3 Å². The van der Waals surface area contributed by atoms with Crippen molar-refractivity contribution in [3.05, 3.63) is 82.8 Å². The molecule has 136 valence electrons. The lowest BCUT2D eigenvalue weighted by molar-refractivity contribution is 0.0950. The van der Waals surface area contributed by atoms with Crippen LogP contribution in [0.5, 0.6) is 5.75 Å². The fourth-order valence-electron chi connectivity index (χ4n) is 3.15. The first-order chi connectivity index (χ1) is 13.2. The average molecular weight is 362 g/mol. The van der Waals surface area contributed by atoms with Crippen LogP contribution >= 0.6 is 0 Å². The Balaban J connectivity index is 1.36. The molecular formula is C20H19BN2O4. The molecule has 1 aromatic carbocycles. The van der Waals surface area contributed by atoms with Crippen LogP contribution in [0.4, 0.5) is 0 Å². The second-order valence-electron chi connectivity index (χ2n) is 6.45. The minimum atomic E-state index is -0.776. The number of rotatable bonds is 5. The molecule has 0 bridgehead atoms. The summed E-state index contributed by atoms with van der Waals surface area (Å²) in [5, 5.41) is 12.6. The van der Waals surface area contributed by atoms with Crippen LogP contribution in [-0.4, -0.2) is 29.6 Å². The fraction of sp³-hybridized carbons (Fsp3) is 0.200. The lowest BCUT2D eigenvalue weighted by Crippen LogP contribution is -2.23. The molecule has 0 radical (unpaired) electrons. The molecule has 2 N–H and O–H groups in total. The Kier molecular flexibility index (Phi) is 5.04. The smallest absolute Gasteiger partial charge is 0.462 e. The highest BCUT2D eigenvalue weighted by molar-refractivity contribution is 6.53. The molecule has 2 aliphatic rings. The zero-order chi connectivity index (χ0) is 18.6. The summed E-state index contributed by atoms with van der Waals surface area (Å²) in [7, 11) is -0.776. The van der Waals surface area contributed by atoms with Crippen LogP contribution in [0.15, 0.2) is 71.5 Å². The van der Waals surface area contributed by atoms with Crippen molar-refractivity contribution in [3.8, 4) is 5.75 Å². The summed E-state index contributed by atoms with van der Waals surface area (Å²) in [6, 6.07) is 12.6. The van der Waals surface area contributed by atoms with Crippen molar-refractivity contribution in [2.75, 3.05) is 6.61 Å². The summed E-state index contributed by atoms with van der Waals surface area (Å²) < 4.78 is 11.1. The number of allylic oxidation sites excluding steroid dienone is 2. The summed E-state index contributed by atoms with van der Waals surface area (Å²) >= 11 is 0. The van der Waals surface area contributed by atoms with E-state index in [1.807, 2.05) is 24.3 Å². The Morgan fingerprint density at radius 3 is 2.85 bits per heavy atom. The van der Waals surface area contributed by atoms with Gasteiger partial charge in [-0.3, -0.25) is 9.78 Å². The third-order valence-electron chi connectivity index (χ3n) is 4.60. The molecule has 7 heteroatoms. The number of ether oxygens (including phenoxy) is 1. The van der Waals surface area contributed by atoms with Gasteiger partial charge >= 0.3 is 7.12 Å². The number of aromatic nitrogens is 1. The Hall–Kier alpha value is -2.90. The van der Waals surface area contributed by atoms with E-state index >= 15 is 0 Å². The topological polar surface area (TPSA) is 80.7 Å². The van der Waals surface area contributed by atoms with Crippen LogP contribution in [-0.2, 0) is 11.2 Å². The number of pyridine rings is 1. The molecule has 2 heterocycles. The molecule has 0 atom stereocenters. The highest BCUT2D eigenvalue weighted by Crippen LogP contribution is 2.31. The van der Waals surface area contributed by atoms with Gasteiger partial charge in [-0.05, 0) is 59.9 Å². The van der Waals surface area contributed by atoms with E-state index in [4.69, 9.17) is 9.39 Å². The average Bonchev–Trinajstić information content (AvgIpc) is 3.08. The van der Waals surface area contributed by atoms with E-state index in [1.165, 1.54) is 0 Å². The Bertz CT molecular complexity index is 894. The summed E-state index contributed by atoms with van der Waals surface area (Å²) in [4.78, 5) is 16.4. The number of nitrogens with zero attached hydrogens (tertiary/aromatic N) is 1. The van der Waals surface area contributed by atoms with E-state index in [9.17, 15) is 9.82 Å². The maximum absolute atomic E-state index is 12.2. The van der Waals surface area contributed by atoms with Crippen molar-refractivity contribution in [1.82, 2.24) is 10.3 Å². The monoisotopic (exact) mass is 362 g/mol. The van der Waals surface area contributed by atoms with E-state index < -0.39 is 7.12 Å². The lowest BCUT2D eigenvalue weighted by Gasteiger charge is -2.16. The second kappa shape index (κ2) is 7.78. The van der Waals surface area contributed by atoms with Crippen molar-refractivity contribution < 1.29 is 19.2 Å². The molecule has 27 heavy (non-hydrogen) atoms. The van der Waals surface area contributed by atoms with Crippen molar-refractivity contribution >= 4 is 13.0 Å². The lowest BCUT2D eigenvalue weighted by atomic mass is 9.74.